The van der Waals surface area contributed by atoms with Gasteiger partial charge in [0, 0.05) is 69.3 Å². The number of hydrogen-bond donors (Lipinski definition) is 1. The third-order valence-corrected chi connectivity index (χ3v) is 7.66. The maximum absolute atomic E-state index is 13.2. The van der Waals surface area contributed by atoms with Crippen molar-refractivity contribution in [2.75, 3.05) is 32.7 Å². The Hall–Kier alpha value is -3.49. The van der Waals surface area contributed by atoms with Crippen molar-refractivity contribution < 1.29 is 14.7 Å². The highest BCUT2D eigenvalue weighted by Gasteiger charge is 2.29. The lowest BCUT2D eigenvalue weighted by molar-refractivity contribution is 0.0492. The molecule has 8 heteroatoms. The molecule has 0 radical (unpaired) electrons. The Balaban J connectivity index is 1.08. The number of aromatic nitrogens is 2. The molecule has 1 N–H and O–H groups in total. The smallest absolute Gasteiger partial charge is 0.254 e. The third kappa shape index (κ3) is 4.42. The Bertz CT molecular complexity index is 1300. The summed E-state index contributed by atoms with van der Waals surface area (Å²) in [4.78, 5) is 36.5. The van der Waals surface area contributed by atoms with Crippen LogP contribution in [0.4, 0.5) is 0 Å². The van der Waals surface area contributed by atoms with Crippen LogP contribution in [0.25, 0.3) is 0 Å². The van der Waals surface area contributed by atoms with E-state index >= 15 is 0 Å². The zero-order chi connectivity index (χ0) is 24.6. The first-order chi connectivity index (χ1) is 17.5. The van der Waals surface area contributed by atoms with Crippen molar-refractivity contribution in [1.29, 1.82) is 0 Å². The van der Waals surface area contributed by atoms with Gasteiger partial charge in [-0.3, -0.25) is 14.5 Å². The van der Waals surface area contributed by atoms with Crippen LogP contribution < -0.4 is 0 Å². The van der Waals surface area contributed by atoms with Crippen LogP contribution in [0, 0.1) is 0 Å². The van der Waals surface area contributed by atoms with Gasteiger partial charge in [0.1, 0.15) is 5.82 Å². The summed E-state index contributed by atoms with van der Waals surface area (Å²) in [6.07, 6.45) is 4.77. The molecule has 1 atom stereocenters. The zero-order valence-corrected chi connectivity index (χ0v) is 20.3. The van der Waals surface area contributed by atoms with Crippen LogP contribution >= 0.6 is 0 Å². The largest absolute Gasteiger partial charge is 0.390 e. The average Bonchev–Trinajstić information content (AvgIpc) is 3.38. The molecule has 186 valence electrons. The lowest BCUT2D eigenvalue weighted by atomic mass is 9.95. The first kappa shape index (κ1) is 22.9. The summed E-state index contributed by atoms with van der Waals surface area (Å²) >= 11 is 0. The number of carbonyl (C=O) groups excluding carboxylic acids is 2. The van der Waals surface area contributed by atoms with Crippen LogP contribution in [0.2, 0.25) is 0 Å². The van der Waals surface area contributed by atoms with Gasteiger partial charge in [-0.1, -0.05) is 24.3 Å². The molecule has 3 aliphatic rings. The number of aliphatic hydroxyl groups is 1. The molecule has 8 nitrogen and oxygen atoms in total. The lowest BCUT2D eigenvalue weighted by Crippen LogP contribution is -2.46. The Kier molecular flexibility index (Phi) is 6.07. The van der Waals surface area contributed by atoms with E-state index in [4.69, 9.17) is 0 Å². The maximum atomic E-state index is 13.2. The van der Waals surface area contributed by atoms with Crippen molar-refractivity contribution in [2.24, 2.45) is 0 Å². The fraction of sp³-hybridized carbons (Fsp3) is 0.393. The van der Waals surface area contributed by atoms with Gasteiger partial charge in [-0.15, -0.1) is 0 Å². The quantitative estimate of drug-likeness (QED) is 0.598. The molecule has 0 aliphatic carbocycles. The summed E-state index contributed by atoms with van der Waals surface area (Å²) in [5, 5.41) is 10.8. The van der Waals surface area contributed by atoms with Crippen LogP contribution in [0.5, 0.6) is 0 Å². The lowest BCUT2D eigenvalue weighted by Gasteiger charge is -2.34. The van der Waals surface area contributed by atoms with E-state index in [2.05, 4.69) is 38.7 Å². The van der Waals surface area contributed by atoms with E-state index in [0.29, 0.717) is 50.3 Å². The van der Waals surface area contributed by atoms with Gasteiger partial charge in [0.15, 0.2) is 0 Å². The minimum absolute atomic E-state index is 0.0274. The molecule has 36 heavy (non-hydrogen) atoms. The van der Waals surface area contributed by atoms with Crippen LogP contribution in [0.15, 0.2) is 54.9 Å². The number of aliphatic hydroxyl groups excluding tert-OH is 1. The van der Waals surface area contributed by atoms with Crippen molar-refractivity contribution in [1.82, 2.24) is 24.3 Å². The molecule has 0 fully saturated rings. The molecule has 2 amide bonds. The maximum Gasteiger partial charge on any atom is 0.254 e. The molecule has 4 heterocycles. The van der Waals surface area contributed by atoms with Gasteiger partial charge in [0.2, 0.25) is 0 Å². The van der Waals surface area contributed by atoms with Crippen molar-refractivity contribution in [3.8, 4) is 0 Å². The monoisotopic (exact) mass is 485 g/mol. The highest BCUT2D eigenvalue weighted by molar-refractivity contribution is 6.00. The third-order valence-electron chi connectivity index (χ3n) is 7.66. The molecule has 0 saturated heterocycles. The predicted octanol–water partition coefficient (Wildman–Crippen LogP) is 1.96. The molecule has 2 aromatic carbocycles. The molecule has 0 saturated carbocycles. The first-order valence-electron chi connectivity index (χ1n) is 12.7. The molecule has 0 spiro atoms. The van der Waals surface area contributed by atoms with Gasteiger partial charge in [0.05, 0.1) is 12.6 Å². The van der Waals surface area contributed by atoms with Gasteiger partial charge in [-0.2, -0.15) is 0 Å². The normalized spacial score (nSPS) is 18.4. The Morgan fingerprint density at radius 3 is 2.67 bits per heavy atom. The average molecular weight is 486 g/mol. The van der Waals surface area contributed by atoms with Crippen molar-refractivity contribution in [3.63, 3.8) is 0 Å². The van der Waals surface area contributed by atoms with E-state index in [9.17, 15) is 14.7 Å². The van der Waals surface area contributed by atoms with Gasteiger partial charge in [-0.05, 0) is 47.7 Å². The van der Waals surface area contributed by atoms with Crippen LogP contribution in [-0.4, -0.2) is 80.0 Å². The number of amides is 2. The second-order valence-electron chi connectivity index (χ2n) is 10.0. The topological polar surface area (TPSA) is 81.9 Å². The minimum atomic E-state index is -0.603. The number of rotatable bonds is 5. The number of fused-ring (bicyclic) bond motifs is 3. The summed E-state index contributed by atoms with van der Waals surface area (Å²) < 4.78 is 2.07. The van der Waals surface area contributed by atoms with Crippen molar-refractivity contribution in [2.45, 2.75) is 38.6 Å². The van der Waals surface area contributed by atoms with Crippen molar-refractivity contribution >= 4 is 11.8 Å². The number of β-amino-alcohol motifs (C(OH)–C–C–N with tert-alkyl or cyclic N) is 1. The highest BCUT2D eigenvalue weighted by Crippen LogP contribution is 2.23. The molecule has 1 unspecified atom stereocenters. The number of hydrogen-bond acceptors (Lipinski definition) is 5. The molecular formula is C28H31N5O3. The summed E-state index contributed by atoms with van der Waals surface area (Å²) in [5.74, 6) is 0.796. The molecule has 6 rings (SSSR count). The number of carbonyl (C=O) groups is 2. The van der Waals surface area contributed by atoms with E-state index in [0.717, 1.165) is 37.4 Å². The molecule has 1 aromatic heterocycles. The number of nitrogens with zero attached hydrogens (tertiary/aromatic N) is 5. The van der Waals surface area contributed by atoms with Gasteiger partial charge >= 0.3 is 0 Å². The summed E-state index contributed by atoms with van der Waals surface area (Å²) in [7, 11) is 0. The Labute approximate surface area is 210 Å². The summed E-state index contributed by atoms with van der Waals surface area (Å²) in [6.45, 7) is 5.04. The van der Waals surface area contributed by atoms with E-state index in [1.54, 1.807) is 23.2 Å². The van der Waals surface area contributed by atoms with E-state index < -0.39 is 6.10 Å². The Morgan fingerprint density at radius 1 is 0.944 bits per heavy atom. The van der Waals surface area contributed by atoms with Crippen LogP contribution in [0.3, 0.4) is 0 Å². The standard InChI is InChI=1S/C28H31N5O3/c34-24(17-30-10-7-20-3-1-2-4-23(20)16-30)18-32-11-8-21-15-22(5-6-25(21)28(32)36)27(35)33-14-13-31-12-9-29-26(31)19-33/h1-6,9,12,15,24,34H,7-8,10-11,13-14,16-19H2. The summed E-state index contributed by atoms with van der Waals surface area (Å²) in [6, 6.07) is 13.9. The highest BCUT2D eigenvalue weighted by atomic mass is 16.3. The van der Waals surface area contributed by atoms with Crippen LogP contribution in [-0.2, 0) is 32.5 Å². The van der Waals surface area contributed by atoms with Gasteiger partial charge in [-0.25, -0.2) is 4.98 Å². The van der Waals surface area contributed by atoms with E-state index in [-0.39, 0.29) is 11.8 Å². The van der Waals surface area contributed by atoms with E-state index in [1.165, 1.54) is 11.1 Å². The zero-order valence-electron chi connectivity index (χ0n) is 20.3. The van der Waals surface area contributed by atoms with E-state index in [1.807, 2.05) is 17.2 Å². The number of imidazole rings is 1. The molecule has 0 bridgehead atoms. The predicted molar refractivity (Wildman–Crippen MR) is 134 cm³/mol. The Morgan fingerprint density at radius 2 is 1.78 bits per heavy atom. The first-order valence-corrected chi connectivity index (χ1v) is 12.7. The SMILES string of the molecule is O=C(c1ccc2c(c1)CCN(CC(O)CN1CCc3ccccc3C1)C2=O)N1CCn2ccnc2C1. The fourth-order valence-corrected chi connectivity index (χ4v) is 5.69. The second kappa shape index (κ2) is 9.52. The van der Waals surface area contributed by atoms with Crippen molar-refractivity contribution in [3.05, 3.63) is 88.5 Å². The summed E-state index contributed by atoms with van der Waals surface area (Å²) in [5.41, 5.74) is 4.85. The fourth-order valence-electron chi connectivity index (χ4n) is 5.69. The second-order valence-corrected chi connectivity index (χ2v) is 10.0. The van der Waals surface area contributed by atoms with Crippen LogP contribution in [0.1, 0.15) is 43.2 Å². The number of benzene rings is 2. The minimum Gasteiger partial charge on any atom is -0.390 e. The molecule has 3 aromatic rings. The molecular weight excluding hydrogens is 454 g/mol. The molecule has 3 aliphatic heterocycles. The van der Waals surface area contributed by atoms with Gasteiger partial charge < -0.3 is 19.5 Å². The van der Waals surface area contributed by atoms with Gasteiger partial charge in [0.25, 0.3) is 11.8 Å².